The molecular weight excluding hydrogens is 286 g/mol. The van der Waals surface area contributed by atoms with Gasteiger partial charge in [-0.15, -0.1) is 0 Å². The standard InChI is InChI=1S/C16H17NO5/c1-8-12(18)11-7-16(11,15(21-2)22-8)17-13(19)9-5-3-4-6-10(9)14(17)20/h3-6,8,11-12,15,18H,7H2,1-2H3. The molecule has 0 bridgehead atoms. The van der Waals surface area contributed by atoms with Gasteiger partial charge in [0, 0.05) is 13.0 Å². The van der Waals surface area contributed by atoms with Crippen LogP contribution in [0.4, 0.5) is 0 Å². The molecule has 6 heteroatoms. The predicted octanol–water partition coefficient (Wildman–Crippen LogP) is 0.793. The molecule has 1 aromatic rings. The van der Waals surface area contributed by atoms with Crippen LogP contribution < -0.4 is 0 Å². The lowest BCUT2D eigenvalue weighted by molar-refractivity contribution is -0.233. The molecule has 2 fully saturated rings. The Balaban J connectivity index is 1.77. The minimum absolute atomic E-state index is 0.205. The first kappa shape index (κ1) is 13.9. The van der Waals surface area contributed by atoms with Gasteiger partial charge in [0.2, 0.25) is 0 Å². The van der Waals surface area contributed by atoms with Crippen molar-refractivity contribution in [3.8, 4) is 0 Å². The molecule has 5 unspecified atom stereocenters. The monoisotopic (exact) mass is 303 g/mol. The van der Waals surface area contributed by atoms with Crippen molar-refractivity contribution in [3.05, 3.63) is 35.4 Å². The van der Waals surface area contributed by atoms with E-state index in [9.17, 15) is 14.7 Å². The van der Waals surface area contributed by atoms with Crippen molar-refractivity contribution in [1.82, 2.24) is 4.90 Å². The maximum Gasteiger partial charge on any atom is 0.262 e. The Morgan fingerprint density at radius 2 is 1.86 bits per heavy atom. The zero-order valence-electron chi connectivity index (χ0n) is 12.4. The molecule has 1 saturated carbocycles. The highest BCUT2D eigenvalue weighted by Gasteiger charge is 2.73. The summed E-state index contributed by atoms with van der Waals surface area (Å²) in [6.07, 6.45) is -1.31. The van der Waals surface area contributed by atoms with Crippen LogP contribution in [-0.2, 0) is 9.47 Å². The van der Waals surface area contributed by atoms with E-state index in [1.807, 2.05) is 0 Å². The topological polar surface area (TPSA) is 76.1 Å². The summed E-state index contributed by atoms with van der Waals surface area (Å²) in [5, 5.41) is 10.3. The molecule has 1 N–H and O–H groups in total. The summed E-state index contributed by atoms with van der Waals surface area (Å²) < 4.78 is 11.1. The summed E-state index contributed by atoms with van der Waals surface area (Å²) in [4.78, 5) is 26.6. The van der Waals surface area contributed by atoms with Gasteiger partial charge < -0.3 is 14.6 Å². The third-order valence-electron chi connectivity index (χ3n) is 5.09. The number of fused-ring (bicyclic) bond motifs is 2. The Morgan fingerprint density at radius 1 is 1.27 bits per heavy atom. The van der Waals surface area contributed by atoms with E-state index in [4.69, 9.17) is 9.47 Å². The van der Waals surface area contributed by atoms with Crippen LogP contribution in [0.15, 0.2) is 24.3 Å². The Morgan fingerprint density at radius 3 is 2.41 bits per heavy atom. The Bertz CT molecular complexity index is 639. The van der Waals surface area contributed by atoms with Crippen molar-refractivity contribution >= 4 is 11.8 Å². The molecule has 22 heavy (non-hydrogen) atoms. The fourth-order valence-corrected chi connectivity index (χ4v) is 3.89. The molecule has 0 aromatic heterocycles. The number of amides is 2. The van der Waals surface area contributed by atoms with Crippen LogP contribution >= 0.6 is 0 Å². The summed E-state index contributed by atoms with van der Waals surface area (Å²) in [6.45, 7) is 1.77. The van der Waals surface area contributed by atoms with Crippen LogP contribution in [-0.4, -0.2) is 53.0 Å². The predicted molar refractivity (Wildman–Crippen MR) is 75.1 cm³/mol. The summed E-state index contributed by atoms with van der Waals surface area (Å²) in [5.74, 6) is -0.880. The number of hydrogen-bond donors (Lipinski definition) is 1. The van der Waals surface area contributed by atoms with Crippen molar-refractivity contribution in [2.24, 2.45) is 5.92 Å². The molecule has 6 nitrogen and oxygen atoms in total. The Kier molecular flexibility index (Phi) is 2.76. The average molecular weight is 303 g/mol. The number of carbonyl (C=O) groups is 2. The Labute approximate surface area is 127 Å². The molecular formula is C16H17NO5. The maximum atomic E-state index is 12.7. The largest absolute Gasteiger partial charge is 0.390 e. The minimum atomic E-state index is -0.895. The van der Waals surface area contributed by atoms with Gasteiger partial charge in [-0.2, -0.15) is 0 Å². The number of methoxy groups -OCH3 is 1. The van der Waals surface area contributed by atoms with E-state index >= 15 is 0 Å². The third kappa shape index (κ3) is 1.49. The highest BCUT2D eigenvalue weighted by Crippen LogP contribution is 2.59. The molecule has 0 radical (unpaired) electrons. The molecule has 116 valence electrons. The lowest BCUT2D eigenvalue weighted by atomic mass is 10.00. The lowest BCUT2D eigenvalue weighted by Crippen LogP contribution is -2.58. The fraction of sp³-hybridized carbons (Fsp3) is 0.500. The fourth-order valence-electron chi connectivity index (χ4n) is 3.89. The number of carbonyl (C=O) groups excluding carboxylic acids is 2. The summed E-state index contributed by atoms with van der Waals surface area (Å²) in [7, 11) is 1.49. The number of aliphatic hydroxyl groups excluding tert-OH is 1. The molecule has 1 aliphatic carbocycles. The second kappa shape index (κ2) is 4.38. The number of imide groups is 1. The van der Waals surface area contributed by atoms with Gasteiger partial charge in [0.25, 0.3) is 11.8 Å². The maximum absolute atomic E-state index is 12.7. The second-order valence-corrected chi connectivity index (χ2v) is 6.19. The SMILES string of the molecule is COC1OC(C)C(O)C2CC12N1C(=O)c2ccccc2C1=O. The van der Waals surface area contributed by atoms with Crippen molar-refractivity contribution in [1.29, 1.82) is 0 Å². The zero-order valence-corrected chi connectivity index (χ0v) is 12.4. The van der Waals surface area contributed by atoms with Crippen molar-refractivity contribution in [2.45, 2.75) is 37.4 Å². The Hall–Kier alpha value is -1.76. The quantitative estimate of drug-likeness (QED) is 0.818. The summed E-state index contributed by atoms with van der Waals surface area (Å²) in [5.41, 5.74) is -0.0978. The van der Waals surface area contributed by atoms with Crippen LogP contribution in [0, 0.1) is 5.92 Å². The summed E-state index contributed by atoms with van der Waals surface area (Å²) >= 11 is 0. The number of benzene rings is 1. The number of ether oxygens (including phenoxy) is 2. The van der Waals surface area contributed by atoms with E-state index in [0.29, 0.717) is 17.5 Å². The molecule has 1 aromatic carbocycles. The van der Waals surface area contributed by atoms with Crippen LogP contribution in [0.25, 0.3) is 0 Å². The summed E-state index contributed by atoms with van der Waals surface area (Å²) in [6, 6.07) is 6.76. The van der Waals surface area contributed by atoms with Gasteiger partial charge in [0.1, 0.15) is 5.54 Å². The average Bonchev–Trinajstić information content (AvgIpc) is 3.22. The van der Waals surface area contributed by atoms with Gasteiger partial charge >= 0.3 is 0 Å². The number of nitrogens with zero attached hydrogens (tertiary/aromatic N) is 1. The lowest BCUT2D eigenvalue weighted by Gasteiger charge is -2.40. The van der Waals surface area contributed by atoms with Crippen LogP contribution in [0.5, 0.6) is 0 Å². The first-order valence-electron chi connectivity index (χ1n) is 7.36. The zero-order chi connectivity index (χ0) is 15.6. The molecule has 3 aliphatic rings. The van der Waals surface area contributed by atoms with E-state index in [2.05, 4.69) is 0 Å². The second-order valence-electron chi connectivity index (χ2n) is 6.19. The highest BCUT2D eigenvalue weighted by molar-refractivity contribution is 6.22. The van der Waals surface area contributed by atoms with Gasteiger partial charge in [-0.1, -0.05) is 12.1 Å². The molecule has 2 amide bonds. The normalized spacial score (nSPS) is 39.7. The minimum Gasteiger partial charge on any atom is -0.390 e. The van der Waals surface area contributed by atoms with Gasteiger partial charge in [0.15, 0.2) is 6.29 Å². The van der Waals surface area contributed by atoms with Crippen molar-refractivity contribution in [3.63, 3.8) is 0 Å². The molecule has 5 atom stereocenters. The van der Waals surface area contributed by atoms with E-state index in [1.54, 1.807) is 31.2 Å². The van der Waals surface area contributed by atoms with E-state index in [-0.39, 0.29) is 23.8 Å². The van der Waals surface area contributed by atoms with E-state index in [0.717, 1.165) is 0 Å². The van der Waals surface area contributed by atoms with Crippen LogP contribution in [0.3, 0.4) is 0 Å². The van der Waals surface area contributed by atoms with Crippen LogP contribution in [0.2, 0.25) is 0 Å². The third-order valence-corrected chi connectivity index (χ3v) is 5.09. The van der Waals surface area contributed by atoms with Gasteiger partial charge in [-0.3, -0.25) is 14.5 Å². The van der Waals surface area contributed by atoms with Gasteiger partial charge in [-0.25, -0.2) is 0 Å². The van der Waals surface area contributed by atoms with Crippen molar-refractivity contribution < 1.29 is 24.2 Å². The van der Waals surface area contributed by atoms with Gasteiger partial charge in [0.05, 0.1) is 23.3 Å². The molecule has 1 saturated heterocycles. The molecule has 4 rings (SSSR count). The van der Waals surface area contributed by atoms with E-state index in [1.165, 1.54) is 12.0 Å². The molecule has 2 heterocycles. The van der Waals surface area contributed by atoms with Crippen molar-refractivity contribution in [2.75, 3.05) is 7.11 Å². The highest BCUT2D eigenvalue weighted by atomic mass is 16.7. The number of aliphatic hydroxyl groups is 1. The number of hydrogen-bond acceptors (Lipinski definition) is 5. The first-order valence-corrected chi connectivity index (χ1v) is 7.36. The molecule has 0 spiro atoms. The first-order chi connectivity index (χ1) is 10.5. The van der Waals surface area contributed by atoms with Gasteiger partial charge in [-0.05, 0) is 25.5 Å². The number of rotatable bonds is 2. The van der Waals surface area contributed by atoms with Crippen LogP contribution in [0.1, 0.15) is 34.1 Å². The molecule has 2 aliphatic heterocycles. The van der Waals surface area contributed by atoms with E-state index < -0.39 is 17.9 Å². The smallest absolute Gasteiger partial charge is 0.262 e.